The Balaban J connectivity index is 2.22. The summed E-state index contributed by atoms with van der Waals surface area (Å²) in [6.45, 7) is 1.85. The zero-order chi connectivity index (χ0) is 14.0. The average Bonchev–Trinajstić information content (AvgIpc) is 2.33. The summed E-state index contributed by atoms with van der Waals surface area (Å²) in [6, 6.07) is 7.23. The van der Waals surface area contributed by atoms with Gasteiger partial charge in [0, 0.05) is 12.3 Å². The van der Waals surface area contributed by atoms with E-state index in [0.29, 0.717) is 11.4 Å². The second kappa shape index (κ2) is 4.79. The molecule has 0 bridgehead atoms. The predicted molar refractivity (Wildman–Crippen MR) is 64.9 cm³/mol. The van der Waals surface area contributed by atoms with Gasteiger partial charge in [0.15, 0.2) is 5.75 Å². The summed E-state index contributed by atoms with van der Waals surface area (Å²) >= 11 is 0. The third-order valence-electron chi connectivity index (χ3n) is 2.45. The van der Waals surface area contributed by atoms with Gasteiger partial charge < -0.3 is 10.5 Å². The molecule has 0 unspecified atom stereocenters. The normalized spacial score (nSPS) is 11.4. The van der Waals surface area contributed by atoms with E-state index in [2.05, 4.69) is 4.98 Å². The minimum Gasteiger partial charge on any atom is -0.437 e. The van der Waals surface area contributed by atoms with Crippen LogP contribution in [-0.2, 0) is 6.18 Å². The van der Waals surface area contributed by atoms with Crippen LogP contribution >= 0.6 is 0 Å². The van der Waals surface area contributed by atoms with Crippen LogP contribution < -0.4 is 10.5 Å². The molecule has 2 aromatic rings. The van der Waals surface area contributed by atoms with Crippen LogP contribution in [0, 0.1) is 6.92 Å². The fourth-order valence-electron chi connectivity index (χ4n) is 1.45. The van der Waals surface area contributed by atoms with Crippen molar-refractivity contribution in [2.75, 3.05) is 5.73 Å². The lowest BCUT2D eigenvalue weighted by atomic mass is 10.2. The smallest absolute Gasteiger partial charge is 0.417 e. The summed E-state index contributed by atoms with van der Waals surface area (Å²) < 4.78 is 42.4. The molecule has 2 N–H and O–H groups in total. The maximum absolute atomic E-state index is 12.4. The molecule has 0 aliphatic carbocycles. The maximum Gasteiger partial charge on any atom is 0.417 e. The molecule has 0 atom stereocenters. The van der Waals surface area contributed by atoms with E-state index in [1.54, 1.807) is 12.1 Å². The Morgan fingerprint density at radius 1 is 1.16 bits per heavy atom. The Bertz CT molecular complexity index is 579. The predicted octanol–water partition coefficient (Wildman–Crippen LogP) is 3.78. The van der Waals surface area contributed by atoms with Crippen LogP contribution in [0.5, 0.6) is 11.6 Å². The van der Waals surface area contributed by atoms with Crippen molar-refractivity contribution in [3.63, 3.8) is 0 Å². The van der Waals surface area contributed by atoms with E-state index in [4.69, 9.17) is 10.5 Å². The Labute approximate surface area is 107 Å². The summed E-state index contributed by atoms with van der Waals surface area (Å²) in [5.41, 5.74) is 6.20. The molecule has 19 heavy (non-hydrogen) atoms. The Hall–Kier alpha value is -2.24. The molecule has 0 fully saturated rings. The highest BCUT2D eigenvalue weighted by atomic mass is 19.4. The first-order chi connectivity index (χ1) is 8.86. The molecule has 0 saturated carbocycles. The van der Waals surface area contributed by atoms with Gasteiger partial charge in [-0.25, -0.2) is 4.98 Å². The minimum absolute atomic E-state index is 0.0605. The standard InChI is InChI=1S/C13H11F3N2O/c1-8-2-4-10(17)11(6-8)19-12-5-3-9(7-18-12)13(14,15)16/h2-7H,17H2,1H3. The molecular formula is C13H11F3N2O. The summed E-state index contributed by atoms with van der Waals surface area (Å²) in [6.07, 6.45) is -3.69. The van der Waals surface area contributed by atoms with Crippen molar-refractivity contribution >= 4 is 5.69 Å². The fraction of sp³-hybridized carbons (Fsp3) is 0.154. The van der Waals surface area contributed by atoms with Crippen LogP contribution in [0.2, 0.25) is 0 Å². The fourth-order valence-corrected chi connectivity index (χ4v) is 1.45. The number of rotatable bonds is 2. The number of nitrogens with two attached hydrogens (primary N) is 1. The average molecular weight is 268 g/mol. The van der Waals surface area contributed by atoms with Crippen molar-refractivity contribution in [2.45, 2.75) is 13.1 Å². The van der Waals surface area contributed by atoms with Crippen LogP contribution in [-0.4, -0.2) is 4.98 Å². The van der Waals surface area contributed by atoms with Gasteiger partial charge in [-0.2, -0.15) is 13.2 Å². The summed E-state index contributed by atoms with van der Waals surface area (Å²) in [7, 11) is 0. The van der Waals surface area contributed by atoms with Crippen molar-refractivity contribution in [3.05, 3.63) is 47.7 Å². The minimum atomic E-state index is -4.41. The van der Waals surface area contributed by atoms with Crippen molar-refractivity contribution in [2.24, 2.45) is 0 Å². The number of hydrogen-bond acceptors (Lipinski definition) is 3. The summed E-state index contributed by atoms with van der Waals surface area (Å²) in [5, 5.41) is 0. The highest BCUT2D eigenvalue weighted by molar-refractivity contribution is 5.54. The number of pyridine rings is 1. The van der Waals surface area contributed by atoms with Gasteiger partial charge in [0.2, 0.25) is 5.88 Å². The molecule has 1 aromatic heterocycles. The summed E-state index contributed by atoms with van der Waals surface area (Å²) in [5.74, 6) is 0.428. The Morgan fingerprint density at radius 3 is 2.47 bits per heavy atom. The molecule has 1 heterocycles. The van der Waals surface area contributed by atoms with E-state index in [0.717, 1.165) is 23.9 Å². The second-order valence-corrected chi connectivity index (χ2v) is 4.03. The molecule has 2 rings (SSSR count). The van der Waals surface area contributed by atoms with Gasteiger partial charge in [0.05, 0.1) is 11.3 Å². The van der Waals surface area contributed by atoms with E-state index in [9.17, 15) is 13.2 Å². The van der Waals surface area contributed by atoms with Crippen molar-refractivity contribution in [1.82, 2.24) is 4.98 Å². The number of nitrogen functional groups attached to an aromatic ring is 1. The van der Waals surface area contributed by atoms with E-state index >= 15 is 0 Å². The Morgan fingerprint density at radius 2 is 1.89 bits per heavy atom. The number of halogens is 3. The number of benzene rings is 1. The van der Waals surface area contributed by atoms with E-state index in [-0.39, 0.29) is 5.88 Å². The van der Waals surface area contributed by atoms with Gasteiger partial charge in [-0.3, -0.25) is 0 Å². The van der Waals surface area contributed by atoms with Crippen LogP contribution in [0.3, 0.4) is 0 Å². The molecule has 1 aromatic carbocycles. The first-order valence-electron chi connectivity index (χ1n) is 5.43. The highest BCUT2D eigenvalue weighted by Gasteiger charge is 2.30. The van der Waals surface area contributed by atoms with Gasteiger partial charge in [0.1, 0.15) is 0 Å². The summed E-state index contributed by atoms with van der Waals surface area (Å²) in [4.78, 5) is 3.61. The number of alkyl halides is 3. The second-order valence-electron chi connectivity index (χ2n) is 4.03. The van der Waals surface area contributed by atoms with Crippen molar-refractivity contribution in [3.8, 4) is 11.6 Å². The topological polar surface area (TPSA) is 48.1 Å². The molecule has 0 saturated heterocycles. The zero-order valence-electron chi connectivity index (χ0n) is 10.0. The first kappa shape index (κ1) is 13.2. The Kier molecular flexibility index (Phi) is 3.33. The number of aryl methyl sites for hydroxylation is 1. The van der Waals surface area contributed by atoms with Crippen molar-refractivity contribution < 1.29 is 17.9 Å². The molecular weight excluding hydrogens is 257 g/mol. The van der Waals surface area contributed by atoms with Crippen molar-refractivity contribution in [1.29, 1.82) is 0 Å². The van der Waals surface area contributed by atoms with Crippen LogP contribution in [0.4, 0.5) is 18.9 Å². The molecule has 0 aliphatic rings. The van der Waals surface area contributed by atoms with Gasteiger partial charge in [0.25, 0.3) is 0 Å². The monoisotopic (exact) mass is 268 g/mol. The number of aromatic nitrogens is 1. The van der Waals surface area contributed by atoms with Crippen LogP contribution in [0.15, 0.2) is 36.5 Å². The molecule has 0 spiro atoms. The molecule has 0 aliphatic heterocycles. The molecule has 100 valence electrons. The lowest BCUT2D eigenvalue weighted by Crippen LogP contribution is -2.05. The lowest BCUT2D eigenvalue weighted by Gasteiger charge is -2.10. The highest BCUT2D eigenvalue weighted by Crippen LogP contribution is 2.31. The third-order valence-corrected chi connectivity index (χ3v) is 2.45. The molecule has 0 radical (unpaired) electrons. The number of anilines is 1. The number of hydrogen-bond donors (Lipinski definition) is 1. The number of ether oxygens (including phenoxy) is 1. The largest absolute Gasteiger partial charge is 0.437 e. The SMILES string of the molecule is Cc1ccc(N)c(Oc2ccc(C(F)(F)F)cn2)c1. The quantitative estimate of drug-likeness (QED) is 0.843. The first-order valence-corrected chi connectivity index (χ1v) is 5.43. The van der Waals surface area contributed by atoms with Crippen LogP contribution in [0.1, 0.15) is 11.1 Å². The number of nitrogens with zero attached hydrogens (tertiary/aromatic N) is 1. The lowest BCUT2D eigenvalue weighted by molar-refractivity contribution is -0.137. The molecule has 3 nitrogen and oxygen atoms in total. The maximum atomic E-state index is 12.4. The van der Waals surface area contributed by atoms with Gasteiger partial charge >= 0.3 is 6.18 Å². The zero-order valence-corrected chi connectivity index (χ0v) is 10.0. The molecule has 6 heteroatoms. The van der Waals surface area contributed by atoms with Crippen LogP contribution in [0.25, 0.3) is 0 Å². The molecule has 0 amide bonds. The third kappa shape index (κ3) is 3.15. The van der Waals surface area contributed by atoms with Gasteiger partial charge in [-0.15, -0.1) is 0 Å². The van der Waals surface area contributed by atoms with E-state index in [1.807, 2.05) is 13.0 Å². The van der Waals surface area contributed by atoms with E-state index in [1.165, 1.54) is 0 Å². The van der Waals surface area contributed by atoms with Gasteiger partial charge in [-0.1, -0.05) is 6.07 Å². The van der Waals surface area contributed by atoms with E-state index < -0.39 is 11.7 Å². The van der Waals surface area contributed by atoms with Gasteiger partial charge in [-0.05, 0) is 30.7 Å².